The first-order valence-electron chi connectivity index (χ1n) is 10.6. The molecule has 0 aromatic carbocycles. The lowest BCUT2D eigenvalue weighted by molar-refractivity contribution is 0.103. The summed E-state index contributed by atoms with van der Waals surface area (Å²) in [6.07, 6.45) is 10.2. The number of carbonyl (C=O) groups excluding carboxylic acids is 1. The summed E-state index contributed by atoms with van der Waals surface area (Å²) in [7, 11) is -2.14. The lowest BCUT2D eigenvalue weighted by Gasteiger charge is -2.15. The van der Waals surface area contributed by atoms with Crippen LogP contribution < -0.4 is 10.5 Å². The molecule has 13 heteroatoms. The van der Waals surface area contributed by atoms with Crippen LogP contribution in [0.3, 0.4) is 0 Å². The van der Waals surface area contributed by atoms with Gasteiger partial charge in [-0.15, -0.1) is 0 Å². The Labute approximate surface area is 196 Å². The van der Waals surface area contributed by atoms with Crippen molar-refractivity contribution in [1.29, 1.82) is 0 Å². The molecule has 3 aromatic rings. The topological polar surface area (TPSA) is 160 Å². The van der Waals surface area contributed by atoms with Crippen LogP contribution in [0.5, 0.6) is 0 Å². The van der Waals surface area contributed by atoms with Crippen LogP contribution in [0, 0.1) is 17.8 Å². The molecule has 0 bridgehead atoms. The number of anilines is 1. The third kappa shape index (κ3) is 6.25. The normalized spacial score (nSPS) is 17.8. The highest BCUT2D eigenvalue weighted by Gasteiger charge is 2.28. The number of ketones is 1. The minimum atomic E-state index is -3.96. The van der Waals surface area contributed by atoms with E-state index in [1.54, 1.807) is 27.8 Å². The lowest BCUT2D eigenvalue weighted by atomic mass is 10.1. The van der Waals surface area contributed by atoms with E-state index in [9.17, 15) is 13.2 Å². The van der Waals surface area contributed by atoms with Gasteiger partial charge in [0.05, 0.1) is 23.9 Å². The molecule has 34 heavy (non-hydrogen) atoms. The second-order valence-corrected chi connectivity index (χ2v) is 9.24. The number of nitrogens with zero attached hydrogens (tertiary/aromatic N) is 6. The van der Waals surface area contributed by atoms with Crippen molar-refractivity contribution >= 4 is 21.9 Å². The fourth-order valence-corrected chi connectivity index (χ4v) is 4.15. The zero-order valence-electron chi connectivity index (χ0n) is 18.5. The Morgan fingerprint density at radius 2 is 2.21 bits per heavy atom. The van der Waals surface area contributed by atoms with Gasteiger partial charge in [-0.1, -0.05) is 11.8 Å². The first-order valence-corrected chi connectivity index (χ1v) is 12.0. The molecular weight excluding hydrogens is 460 g/mol. The van der Waals surface area contributed by atoms with Gasteiger partial charge in [0.1, 0.15) is 24.4 Å². The predicted molar refractivity (Wildman–Crippen MR) is 122 cm³/mol. The molecular formula is C21H24N8O4S. The highest BCUT2D eigenvalue weighted by molar-refractivity contribution is 7.84. The molecule has 3 N–H and O–H groups in total. The average Bonchev–Trinajstić information content (AvgIpc) is 3.54. The third-order valence-electron chi connectivity index (χ3n) is 5.36. The van der Waals surface area contributed by atoms with Crippen LogP contribution in [0.2, 0.25) is 0 Å². The zero-order chi connectivity index (χ0) is 24.1. The molecule has 1 fully saturated rings. The van der Waals surface area contributed by atoms with Crippen molar-refractivity contribution in [3.8, 4) is 11.8 Å². The largest absolute Gasteiger partial charge is 0.367 e. The summed E-state index contributed by atoms with van der Waals surface area (Å²) < 4.78 is 30.0. The minimum Gasteiger partial charge on any atom is -0.367 e. The molecule has 178 valence electrons. The molecule has 0 radical (unpaired) electrons. The number of hydrogen-bond acceptors (Lipinski definition) is 9. The molecule has 12 nitrogen and oxygen atoms in total. The van der Waals surface area contributed by atoms with Crippen molar-refractivity contribution in [1.82, 2.24) is 29.5 Å². The second-order valence-electron chi connectivity index (χ2n) is 8.01. The van der Waals surface area contributed by atoms with E-state index in [1.165, 1.54) is 12.5 Å². The van der Waals surface area contributed by atoms with Crippen LogP contribution in [-0.2, 0) is 28.1 Å². The molecule has 2 atom stereocenters. The Balaban J connectivity index is 1.39. The van der Waals surface area contributed by atoms with Gasteiger partial charge in [-0.25, -0.2) is 15.1 Å². The van der Waals surface area contributed by atoms with Gasteiger partial charge >= 0.3 is 10.3 Å². The van der Waals surface area contributed by atoms with Crippen molar-refractivity contribution in [3.05, 3.63) is 54.0 Å². The predicted octanol–water partition coefficient (Wildman–Crippen LogP) is 0.490. The monoisotopic (exact) mass is 484 g/mol. The maximum atomic E-state index is 13.1. The second kappa shape index (κ2) is 10.1. The first-order chi connectivity index (χ1) is 16.3. The fraction of sp³-hybridized carbons (Fsp3) is 0.381. The van der Waals surface area contributed by atoms with Crippen LogP contribution in [-0.4, -0.2) is 56.4 Å². The molecule has 1 aliphatic carbocycles. The number of carbonyl (C=O) groups is 1. The van der Waals surface area contributed by atoms with E-state index >= 15 is 0 Å². The van der Waals surface area contributed by atoms with Gasteiger partial charge in [0.2, 0.25) is 5.78 Å². The number of rotatable bonds is 8. The molecule has 0 spiro atoms. The van der Waals surface area contributed by atoms with E-state index in [2.05, 4.69) is 37.3 Å². The fourth-order valence-electron chi connectivity index (χ4n) is 3.77. The number of aryl methyl sites for hydroxylation is 1. The number of hydrogen-bond donors (Lipinski definition) is 2. The Kier molecular flexibility index (Phi) is 7.01. The smallest absolute Gasteiger partial charge is 0.333 e. The maximum Gasteiger partial charge on any atom is 0.333 e. The summed E-state index contributed by atoms with van der Waals surface area (Å²) in [5.41, 5.74) is 1.36. The number of aromatic nitrogens is 6. The highest BCUT2D eigenvalue weighted by atomic mass is 32.2. The average molecular weight is 485 g/mol. The van der Waals surface area contributed by atoms with E-state index in [0.717, 1.165) is 18.4 Å². The van der Waals surface area contributed by atoms with Crippen LogP contribution in [0.1, 0.15) is 40.9 Å². The Morgan fingerprint density at radius 3 is 2.97 bits per heavy atom. The van der Waals surface area contributed by atoms with Crippen molar-refractivity contribution in [2.75, 3.05) is 11.9 Å². The van der Waals surface area contributed by atoms with Crippen LogP contribution in [0.25, 0.3) is 0 Å². The van der Waals surface area contributed by atoms with Crippen molar-refractivity contribution in [2.45, 2.75) is 31.8 Å². The molecule has 2 unspecified atom stereocenters. The van der Waals surface area contributed by atoms with Crippen molar-refractivity contribution in [2.24, 2.45) is 18.1 Å². The molecule has 0 saturated heterocycles. The molecule has 3 heterocycles. The van der Waals surface area contributed by atoms with E-state index in [4.69, 9.17) is 9.32 Å². The van der Waals surface area contributed by atoms with Crippen molar-refractivity contribution in [3.63, 3.8) is 0 Å². The van der Waals surface area contributed by atoms with Gasteiger partial charge in [0.25, 0.3) is 0 Å². The van der Waals surface area contributed by atoms with E-state index < -0.39 is 10.3 Å². The zero-order valence-corrected chi connectivity index (χ0v) is 19.3. The quantitative estimate of drug-likeness (QED) is 0.342. The van der Waals surface area contributed by atoms with Crippen LogP contribution in [0.15, 0.2) is 37.2 Å². The standard InChI is InChI=1S/C21H24N8O4S/c1-28-12-16(10-25-28)3-2-7-29-8-6-19(27-29)20(30)18-11-23-14-24-21(18)26-17-5-4-15(9-17)13-33-34(22,31)32/h6,8,10-12,14-15,17H,4-5,7,9,13H2,1H3,(H2,22,31,32)(H,23,24,26). The summed E-state index contributed by atoms with van der Waals surface area (Å²) in [5.74, 6) is 6.13. The molecule has 0 aliphatic heterocycles. The minimum absolute atomic E-state index is 0.0100. The Morgan fingerprint density at radius 1 is 1.35 bits per heavy atom. The van der Waals surface area contributed by atoms with Gasteiger partial charge in [-0.2, -0.15) is 18.6 Å². The van der Waals surface area contributed by atoms with E-state index in [-0.39, 0.29) is 30.0 Å². The summed E-state index contributed by atoms with van der Waals surface area (Å²) >= 11 is 0. The molecule has 1 saturated carbocycles. The molecule has 4 rings (SSSR count). The summed E-state index contributed by atoms with van der Waals surface area (Å²) in [6.45, 7) is 0.357. The summed E-state index contributed by atoms with van der Waals surface area (Å²) in [5, 5.41) is 16.6. The van der Waals surface area contributed by atoms with Gasteiger partial charge in [-0.05, 0) is 31.2 Å². The highest BCUT2D eigenvalue weighted by Crippen LogP contribution is 2.29. The van der Waals surface area contributed by atoms with Gasteiger partial charge in [0, 0.05) is 31.7 Å². The molecule has 3 aromatic heterocycles. The van der Waals surface area contributed by atoms with Gasteiger partial charge < -0.3 is 5.32 Å². The maximum absolute atomic E-state index is 13.1. The van der Waals surface area contributed by atoms with Crippen LogP contribution in [0.4, 0.5) is 5.82 Å². The number of nitrogens with one attached hydrogen (secondary N) is 1. The number of nitrogens with two attached hydrogens (primary N) is 1. The van der Waals surface area contributed by atoms with Crippen LogP contribution >= 0.6 is 0 Å². The Bertz CT molecular complexity index is 1340. The van der Waals surface area contributed by atoms with Crippen molar-refractivity contribution < 1.29 is 17.4 Å². The lowest BCUT2D eigenvalue weighted by Crippen LogP contribution is -2.22. The molecule has 0 amide bonds. The molecule has 1 aliphatic rings. The van der Waals surface area contributed by atoms with E-state index in [1.807, 2.05) is 13.2 Å². The van der Waals surface area contributed by atoms with E-state index in [0.29, 0.717) is 24.3 Å². The first kappa shape index (κ1) is 23.6. The SMILES string of the molecule is Cn1cc(C#CCn2ccc(C(=O)c3cncnc3NC3CCC(COS(N)(=O)=O)C3)n2)cn1. The summed E-state index contributed by atoms with van der Waals surface area (Å²) in [6, 6.07) is 1.64. The summed E-state index contributed by atoms with van der Waals surface area (Å²) in [4.78, 5) is 21.3. The third-order valence-corrected chi connectivity index (χ3v) is 5.82. The van der Waals surface area contributed by atoms with Gasteiger partial charge in [-0.3, -0.25) is 18.3 Å². The van der Waals surface area contributed by atoms with Gasteiger partial charge in [0.15, 0.2) is 0 Å². The Hall–Kier alpha value is -3.60.